The number of ether oxygens (including phenoxy) is 1. The SMILES string of the molecule is COc1ccc(CN(C)C(=O)c2ccc(CN3CCC(Cc4ccccc4)CC3)cc2)cc1. The molecule has 0 unspecified atom stereocenters. The van der Waals surface area contributed by atoms with Gasteiger partial charge in [0.2, 0.25) is 0 Å². The zero-order valence-electron chi connectivity index (χ0n) is 19.7. The third-order valence-electron chi connectivity index (χ3n) is 6.61. The fraction of sp³-hybridized carbons (Fsp3) is 0.345. The van der Waals surface area contributed by atoms with Gasteiger partial charge < -0.3 is 9.64 Å². The van der Waals surface area contributed by atoms with Crippen molar-refractivity contribution >= 4 is 5.91 Å². The summed E-state index contributed by atoms with van der Waals surface area (Å²) in [5.41, 5.74) is 4.54. The molecule has 1 amide bonds. The number of piperidine rings is 1. The fourth-order valence-corrected chi connectivity index (χ4v) is 4.60. The van der Waals surface area contributed by atoms with Gasteiger partial charge in [0.15, 0.2) is 0 Å². The molecule has 3 aromatic rings. The van der Waals surface area contributed by atoms with Crippen molar-refractivity contribution in [3.05, 3.63) is 101 Å². The highest BCUT2D eigenvalue weighted by molar-refractivity contribution is 5.94. The number of amides is 1. The van der Waals surface area contributed by atoms with Gasteiger partial charge in [0, 0.05) is 25.7 Å². The van der Waals surface area contributed by atoms with Gasteiger partial charge in [0.1, 0.15) is 5.75 Å². The Bertz CT molecular complexity index is 1010. The number of likely N-dealkylation sites (tertiary alicyclic amines) is 1. The van der Waals surface area contributed by atoms with Crippen LogP contribution in [0, 0.1) is 5.92 Å². The van der Waals surface area contributed by atoms with Crippen LogP contribution in [0.2, 0.25) is 0 Å². The van der Waals surface area contributed by atoms with Crippen molar-refractivity contribution in [3.63, 3.8) is 0 Å². The van der Waals surface area contributed by atoms with Crippen LogP contribution in [0.4, 0.5) is 0 Å². The summed E-state index contributed by atoms with van der Waals surface area (Å²) < 4.78 is 5.20. The second-order valence-electron chi connectivity index (χ2n) is 9.12. The molecule has 0 N–H and O–H groups in total. The molecule has 0 aromatic heterocycles. The van der Waals surface area contributed by atoms with Crippen molar-refractivity contribution in [3.8, 4) is 5.75 Å². The number of carbonyl (C=O) groups excluding carboxylic acids is 1. The number of nitrogens with zero attached hydrogens (tertiary/aromatic N) is 2. The highest BCUT2D eigenvalue weighted by Crippen LogP contribution is 2.23. The average Bonchev–Trinajstić information content (AvgIpc) is 2.86. The monoisotopic (exact) mass is 442 g/mol. The highest BCUT2D eigenvalue weighted by atomic mass is 16.5. The molecule has 4 nitrogen and oxygen atoms in total. The van der Waals surface area contributed by atoms with Crippen molar-refractivity contribution in [1.82, 2.24) is 9.80 Å². The van der Waals surface area contributed by atoms with Gasteiger partial charge in [-0.15, -0.1) is 0 Å². The normalized spacial score (nSPS) is 14.7. The maximum atomic E-state index is 12.9. The number of hydrogen-bond donors (Lipinski definition) is 0. The van der Waals surface area contributed by atoms with Crippen molar-refractivity contribution in [2.24, 2.45) is 5.92 Å². The van der Waals surface area contributed by atoms with Crippen LogP contribution in [0.1, 0.15) is 39.9 Å². The van der Waals surface area contributed by atoms with E-state index in [1.807, 2.05) is 43.4 Å². The van der Waals surface area contributed by atoms with Gasteiger partial charge in [-0.2, -0.15) is 0 Å². The second-order valence-corrected chi connectivity index (χ2v) is 9.12. The number of hydrogen-bond acceptors (Lipinski definition) is 3. The minimum Gasteiger partial charge on any atom is -0.497 e. The third-order valence-corrected chi connectivity index (χ3v) is 6.61. The molecule has 33 heavy (non-hydrogen) atoms. The summed E-state index contributed by atoms with van der Waals surface area (Å²) >= 11 is 0. The lowest BCUT2D eigenvalue weighted by atomic mass is 9.90. The molecule has 172 valence electrons. The predicted molar refractivity (Wildman–Crippen MR) is 133 cm³/mol. The molecule has 0 saturated carbocycles. The minimum absolute atomic E-state index is 0.0408. The first kappa shape index (κ1) is 23.1. The standard InChI is InChI=1S/C29H34N2O2/c1-30(21-25-10-14-28(33-2)15-11-25)29(32)27-12-8-26(9-13-27)22-31-18-16-24(17-19-31)20-23-6-4-3-5-7-23/h3-15,24H,16-22H2,1-2H3. The lowest BCUT2D eigenvalue weighted by Crippen LogP contribution is -2.33. The second kappa shape index (κ2) is 11.2. The van der Waals surface area contributed by atoms with Crippen LogP contribution < -0.4 is 4.74 Å². The Balaban J connectivity index is 1.25. The van der Waals surface area contributed by atoms with Gasteiger partial charge in [-0.1, -0.05) is 54.6 Å². The molecule has 3 aromatic carbocycles. The average molecular weight is 443 g/mol. The topological polar surface area (TPSA) is 32.8 Å². The summed E-state index contributed by atoms with van der Waals surface area (Å²) in [6, 6.07) is 26.8. The molecule has 4 rings (SSSR count). The van der Waals surface area contributed by atoms with Crippen LogP contribution in [-0.4, -0.2) is 43.0 Å². The Morgan fingerprint density at radius 2 is 1.52 bits per heavy atom. The summed E-state index contributed by atoms with van der Waals surface area (Å²) in [4.78, 5) is 17.1. The van der Waals surface area contributed by atoms with Gasteiger partial charge in [-0.05, 0) is 79.2 Å². The van der Waals surface area contributed by atoms with Crippen LogP contribution in [0.3, 0.4) is 0 Å². The summed E-state index contributed by atoms with van der Waals surface area (Å²) in [7, 11) is 3.50. The molecule has 1 heterocycles. The first-order valence-electron chi connectivity index (χ1n) is 11.8. The Morgan fingerprint density at radius 1 is 0.879 bits per heavy atom. The van der Waals surface area contributed by atoms with E-state index in [4.69, 9.17) is 4.74 Å². The van der Waals surface area contributed by atoms with Gasteiger partial charge >= 0.3 is 0 Å². The number of rotatable bonds is 8. The molecule has 0 atom stereocenters. The van der Waals surface area contributed by atoms with Crippen molar-refractivity contribution < 1.29 is 9.53 Å². The first-order chi connectivity index (χ1) is 16.1. The van der Waals surface area contributed by atoms with Gasteiger partial charge in [-0.25, -0.2) is 0 Å². The van der Waals surface area contributed by atoms with Crippen molar-refractivity contribution in [2.75, 3.05) is 27.2 Å². The van der Waals surface area contributed by atoms with Gasteiger partial charge in [0.05, 0.1) is 7.11 Å². The minimum atomic E-state index is 0.0408. The van der Waals surface area contributed by atoms with Crippen molar-refractivity contribution in [1.29, 1.82) is 0 Å². The van der Waals surface area contributed by atoms with E-state index in [2.05, 4.69) is 47.4 Å². The number of benzene rings is 3. The highest BCUT2D eigenvalue weighted by Gasteiger charge is 2.20. The Hall–Kier alpha value is -3.11. The first-order valence-corrected chi connectivity index (χ1v) is 11.8. The molecule has 0 radical (unpaired) electrons. The Labute approximate surface area is 197 Å². The van der Waals surface area contributed by atoms with E-state index in [1.54, 1.807) is 12.0 Å². The van der Waals surface area contributed by atoms with E-state index in [0.29, 0.717) is 6.54 Å². The maximum absolute atomic E-state index is 12.9. The van der Waals surface area contributed by atoms with Gasteiger partial charge in [0.25, 0.3) is 5.91 Å². The molecular weight excluding hydrogens is 408 g/mol. The number of carbonyl (C=O) groups is 1. The fourth-order valence-electron chi connectivity index (χ4n) is 4.60. The molecule has 0 bridgehead atoms. The zero-order valence-corrected chi connectivity index (χ0v) is 19.7. The van der Waals surface area contributed by atoms with E-state index in [1.165, 1.54) is 30.4 Å². The lowest BCUT2D eigenvalue weighted by Gasteiger charge is -2.32. The third kappa shape index (κ3) is 6.45. The Kier molecular flexibility index (Phi) is 7.79. The van der Waals surface area contributed by atoms with E-state index < -0.39 is 0 Å². The van der Waals surface area contributed by atoms with Crippen LogP contribution in [-0.2, 0) is 19.5 Å². The molecule has 1 aliphatic heterocycles. The Morgan fingerprint density at radius 3 is 2.15 bits per heavy atom. The van der Waals surface area contributed by atoms with E-state index in [9.17, 15) is 4.79 Å². The summed E-state index contributed by atoms with van der Waals surface area (Å²) in [5.74, 6) is 1.65. The molecular formula is C29H34N2O2. The van der Waals surface area contributed by atoms with Gasteiger partial charge in [-0.3, -0.25) is 9.69 Å². The van der Waals surface area contributed by atoms with Crippen molar-refractivity contribution in [2.45, 2.75) is 32.4 Å². The smallest absolute Gasteiger partial charge is 0.253 e. The van der Waals surface area contributed by atoms with Crippen LogP contribution in [0.25, 0.3) is 0 Å². The molecule has 4 heteroatoms. The zero-order chi connectivity index (χ0) is 23.0. The van der Waals surface area contributed by atoms with E-state index in [0.717, 1.165) is 42.4 Å². The van der Waals surface area contributed by atoms with Crippen LogP contribution in [0.5, 0.6) is 5.75 Å². The van der Waals surface area contributed by atoms with E-state index >= 15 is 0 Å². The number of methoxy groups -OCH3 is 1. The molecule has 0 aliphatic carbocycles. The maximum Gasteiger partial charge on any atom is 0.253 e. The molecule has 1 fully saturated rings. The largest absolute Gasteiger partial charge is 0.497 e. The molecule has 1 aliphatic rings. The summed E-state index contributed by atoms with van der Waals surface area (Å²) in [5, 5.41) is 0. The summed E-state index contributed by atoms with van der Waals surface area (Å²) in [6.45, 7) is 3.81. The quantitative estimate of drug-likeness (QED) is 0.467. The van der Waals surface area contributed by atoms with Crippen LogP contribution in [0.15, 0.2) is 78.9 Å². The lowest BCUT2D eigenvalue weighted by molar-refractivity contribution is 0.0785. The molecule has 0 spiro atoms. The molecule has 1 saturated heterocycles. The van der Waals surface area contributed by atoms with Crippen LogP contribution >= 0.6 is 0 Å². The summed E-state index contributed by atoms with van der Waals surface area (Å²) in [6.07, 6.45) is 3.69. The van der Waals surface area contributed by atoms with E-state index in [-0.39, 0.29) is 5.91 Å². The predicted octanol–water partition coefficient (Wildman–Crippen LogP) is 5.42.